The lowest BCUT2D eigenvalue weighted by Gasteiger charge is -2.59. The summed E-state index contributed by atoms with van der Waals surface area (Å²) in [7, 11) is 0. The van der Waals surface area contributed by atoms with Crippen LogP contribution in [0.25, 0.3) is 0 Å². The number of carbonyl (C=O) groups is 2. The highest BCUT2D eigenvalue weighted by Gasteiger charge is 2.66. The number of rotatable bonds is 5. The second-order valence-electron chi connectivity index (χ2n) is 8.91. The van der Waals surface area contributed by atoms with Gasteiger partial charge in [-0.15, -0.1) is 0 Å². The molecule has 2 N–H and O–H groups in total. The number of piperidine rings is 1. The van der Waals surface area contributed by atoms with Gasteiger partial charge in [-0.25, -0.2) is 0 Å². The highest BCUT2D eigenvalue weighted by atomic mass is 16.6. The van der Waals surface area contributed by atoms with E-state index < -0.39 is 5.97 Å². The van der Waals surface area contributed by atoms with E-state index in [-0.39, 0.29) is 35.8 Å². The highest BCUT2D eigenvalue weighted by molar-refractivity contribution is 5.67. The fraction of sp³-hybridized carbons (Fsp3) is 0.636. The van der Waals surface area contributed by atoms with E-state index in [0.717, 1.165) is 44.3 Å². The molecule has 2 fully saturated rings. The summed E-state index contributed by atoms with van der Waals surface area (Å²) < 4.78 is 12.0. The molecule has 0 amide bonds. The number of hydrogen-bond acceptors (Lipinski definition) is 6. The van der Waals surface area contributed by atoms with Gasteiger partial charge in [0, 0.05) is 30.4 Å². The van der Waals surface area contributed by atoms with E-state index in [1.54, 1.807) is 6.07 Å². The lowest BCUT2D eigenvalue weighted by Crippen LogP contribution is -2.67. The molecule has 1 saturated heterocycles. The molecule has 2 bridgehead atoms. The van der Waals surface area contributed by atoms with Crippen molar-refractivity contribution >= 4 is 11.9 Å². The number of nitrogens with zero attached hydrogens (tertiary/aromatic N) is 1. The summed E-state index contributed by atoms with van der Waals surface area (Å²) in [5, 5.41) is 19.5. The van der Waals surface area contributed by atoms with Gasteiger partial charge in [0.15, 0.2) is 11.5 Å². The van der Waals surface area contributed by atoms with Crippen molar-refractivity contribution in [2.24, 2.45) is 5.92 Å². The predicted molar refractivity (Wildman–Crippen MR) is 103 cm³/mol. The number of aromatic hydroxyl groups is 1. The zero-order chi connectivity index (χ0) is 20.3. The number of benzene rings is 1. The minimum atomic E-state index is -0.751. The van der Waals surface area contributed by atoms with E-state index >= 15 is 0 Å². The van der Waals surface area contributed by atoms with Crippen LogP contribution in [0.1, 0.15) is 50.2 Å². The molecule has 2 aliphatic carbocycles. The zero-order valence-corrected chi connectivity index (χ0v) is 16.6. The number of carboxylic acids is 1. The van der Waals surface area contributed by atoms with Crippen LogP contribution in [0.15, 0.2) is 12.1 Å². The third-order valence-corrected chi connectivity index (χ3v) is 7.53. The summed E-state index contributed by atoms with van der Waals surface area (Å²) in [6.07, 6.45) is 3.70. The molecule has 1 aromatic carbocycles. The summed E-state index contributed by atoms with van der Waals surface area (Å²) >= 11 is 0. The lowest BCUT2D eigenvalue weighted by atomic mass is 9.51. The van der Waals surface area contributed by atoms with Crippen molar-refractivity contribution in [3.63, 3.8) is 0 Å². The Labute approximate surface area is 169 Å². The Kier molecular flexibility index (Phi) is 4.28. The number of phenols is 1. The van der Waals surface area contributed by atoms with Crippen molar-refractivity contribution in [1.82, 2.24) is 4.90 Å². The average molecular weight is 401 g/mol. The Morgan fingerprint density at radius 3 is 2.93 bits per heavy atom. The fourth-order valence-electron chi connectivity index (χ4n) is 6.62. The van der Waals surface area contributed by atoms with E-state index in [0.29, 0.717) is 24.1 Å². The summed E-state index contributed by atoms with van der Waals surface area (Å²) in [6.45, 7) is 3.08. The molecule has 2 heterocycles. The smallest absolute Gasteiger partial charge is 0.303 e. The Morgan fingerprint density at radius 1 is 1.34 bits per heavy atom. The normalized spacial score (nSPS) is 34.2. The Hall–Kier alpha value is -2.28. The predicted octanol–water partition coefficient (Wildman–Crippen LogP) is 2.23. The first-order valence-corrected chi connectivity index (χ1v) is 10.6. The second kappa shape index (κ2) is 6.62. The van der Waals surface area contributed by atoms with Crippen LogP contribution in [-0.4, -0.2) is 58.4 Å². The largest absolute Gasteiger partial charge is 0.504 e. The van der Waals surface area contributed by atoms with Gasteiger partial charge in [0.05, 0.1) is 0 Å². The summed E-state index contributed by atoms with van der Waals surface area (Å²) in [5.41, 5.74) is 2.09. The molecule has 1 spiro atoms. The molecule has 7 heteroatoms. The van der Waals surface area contributed by atoms with Gasteiger partial charge in [-0.05, 0) is 62.7 Å². The Morgan fingerprint density at radius 2 is 2.17 bits per heavy atom. The molecule has 5 atom stereocenters. The van der Waals surface area contributed by atoms with Gasteiger partial charge in [-0.3, -0.25) is 14.5 Å². The molecule has 1 saturated carbocycles. The maximum absolute atomic E-state index is 11.7. The molecule has 2 aliphatic heterocycles. The van der Waals surface area contributed by atoms with Crippen LogP contribution in [-0.2, 0) is 26.2 Å². The molecule has 0 radical (unpaired) electrons. The highest BCUT2D eigenvalue weighted by Crippen LogP contribution is 2.64. The quantitative estimate of drug-likeness (QED) is 0.731. The van der Waals surface area contributed by atoms with E-state index in [9.17, 15) is 14.7 Å². The molecule has 3 unspecified atom stereocenters. The molecule has 156 valence electrons. The number of aliphatic carboxylic acids is 1. The number of esters is 1. The van der Waals surface area contributed by atoms with Crippen LogP contribution in [0.4, 0.5) is 0 Å². The van der Waals surface area contributed by atoms with E-state index in [1.807, 2.05) is 6.07 Å². The minimum Gasteiger partial charge on any atom is -0.504 e. The first kappa shape index (κ1) is 18.7. The lowest BCUT2D eigenvalue weighted by molar-refractivity contribution is -0.164. The van der Waals surface area contributed by atoms with Crippen LogP contribution in [0, 0.1) is 5.92 Å². The van der Waals surface area contributed by atoms with Gasteiger partial charge in [-0.2, -0.15) is 0 Å². The van der Waals surface area contributed by atoms with Crippen molar-refractivity contribution in [1.29, 1.82) is 0 Å². The first-order chi connectivity index (χ1) is 13.9. The monoisotopic (exact) mass is 401 g/mol. The van der Waals surface area contributed by atoms with Crippen molar-refractivity contribution in [3.05, 3.63) is 23.3 Å². The van der Waals surface area contributed by atoms with Crippen LogP contribution >= 0.6 is 0 Å². The number of carboxylic acid groups (broad SMARTS) is 1. The van der Waals surface area contributed by atoms with Gasteiger partial charge in [0.2, 0.25) is 0 Å². The number of carbonyl (C=O) groups excluding carboxylic acids is 1. The van der Waals surface area contributed by atoms with E-state index in [1.165, 1.54) is 12.5 Å². The molecule has 5 rings (SSSR count). The van der Waals surface area contributed by atoms with Crippen molar-refractivity contribution in [3.8, 4) is 11.5 Å². The number of ether oxygens (including phenoxy) is 2. The van der Waals surface area contributed by atoms with Crippen LogP contribution < -0.4 is 4.74 Å². The zero-order valence-electron chi connectivity index (χ0n) is 16.6. The van der Waals surface area contributed by atoms with Gasteiger partial charge >= 0.3 is 11.9 Å². The van der Waals surface area contributed by atoms with E-state index in [2.05, 4.69) is 4.90 Å². The van der Waals surface area contributed by atoms with Crippen molar-refractivity contribution in [2.75, 3.05) is 13.1 Å². The van der Waals surface area contributed by atoms with Crippen LogP contribution in [0.2, 0.25) is 0 Å². The van der Waals surface area contributed by atoms with E-state index in [4.69, 9.17) is 14.6 Å². The maximum Gasteiger partial charge on any atom is 0.303 e. The molecule has 29 heavy (non-hydrogen) atoms. The third kappa shape index (κ3) is 2.66. The molecule has 4 aliphatic rings. The van der Waals surface area contributed by atoms with Crippen LogP contribution in [0.5, 0.6) is 11.5 Å². The molecular weight excluding hydrogens is 374 g/mol. The average Bonchev–Trinajstić information content (AvgIpc) is 3.01. The topological polar surface area (TPSA) is 96.3 Å². The third-order valence-electron chi connectivity index (χ3n) is 7.53. The van der Waals surface area contributed by atoms with Gasteiger partial charge < -0.3 is 19.7 Å². The Balaban J connectivity index is 1.53. The molecular formula is C22H27NO6. The van der Waals surface area contributed by atoms with Crippen LogP contribution in [0.3, 0.4) is 0 Å². The SMILES string of the molecule is CC(=O)O[C@H]1CCC2C3Cc4ccc(O)c5c4C2(CCN3CCCC(=O)O)[C@H]1O5. The summed E-state index contributed by atoms with van der Waals surface area (Å²) in [6, 6.07) is 4.03. The Bertz CT molecular complexity index is 869. The summed E-state index contributed by atoms with van der Waals surface area (Å²) in [5.74, 6) is 0.0454. The van der Waals surface area contributed by atoms with Gasteiger partial charge in [0.1, 0.15) is 12.2 Å². The maximum atomic E-state index is 11.7. The molecule has 1 aromatic rings. The number of likely N-dealkylation sites (tertiary alicyclic amines) is 1. The molecule has 7 nitrogen and oxygen atoms in total. The van der Waals surface area contributed by atoms with Gasteiger partial charge in [0.25, 0.3) is 0 Å². The number of phenolic OH excluding ortho intramolecular Hbond substituents is 1. The second-order valence-corrected chi connectivity index (χ2v) is 8.91. The first-order valence-electron chi connectivity index (χ1n) is 10.6. The fourth-order valence-corrected chi connectivity index (χ4v) is 6.62. The minimum absolute atomic E-state index is 0.162. The molecule has 0 aromatic heterocycles. The van der Waals surface area contributed by atoms with Crippen molar-refractivity contribution in [2.45, 2.75) is 69.1 Å². The van der Waals surface area contributed by atoms with Crippen molar-refractivity contribution < 1.29 is 29.3 Å². The summed E-state index contributed by atoms with van der Waals surface area (Å²) in [4.78, 5) is 25.1. The standard InChI is InChI=1S/C22H27NO6/c1-12(24)28-17-7-5-14-15-11-13-4-6-16(25)20-19(13)22(14,21(17)29-20)8-10-23(15)9-2-3-18(26)27/h4,6,14-15,17,21,25H,2-3,5,7-11H2,1H3,(H,26,27)/t14?,15?,17-,21-,22?/m0/s1. The number of hydrogen-bond donors (Lipinski definition) is 2. The van der Waals surface area contributed by atoms with Gasteiger partial charge in [-0.1, -0.05) is 6.07 Å².